The van der Waals surface area contributed by atoms with Crippen LogP contribution in [-0.2, 0) is 11.3 Å². The molecule has 2 saturated carbocycles. The second kappa shape index (κ2) is 5.00. The quantitative estimate of drug-likeness (QED) is 0.855. The molecule has 1 atom stereocenters. The summed E-state index contributed by atoms with van der Waals surface area (Å²) >= 11 is 0. The lowest BCUT2D eigenvalue weighted by Crippen LogP contribution is -2.37. The predicted molar refractivity (Wildman–Crippen MR) is 72.3 cm³/mol. The van der Waals surface area contributed by atoms with Gasteiger partial charge in [0.15, 0.2) is 0 Å². The Morgan fingerprint density at radius 3 is 2.68 bits per heavy atom. The molecule has 19 heavy (non-hydrogen) atoms. The molecule has 1 unspecified atom stereocenters. The molecule has 4 heteroatoms. The van der Waals surface area contributed by atoms with Gasteiger partial charge in [-0.3, -0.25) is 4.79 Å². The van der Waals surface area contributed by atoms with Crippen LogP contribution in [0.4, 0.5) is 0 Å². The number of carbonyl (C=O) groups is 1. The van der Waals surface area contributed by atoms with Crippen molar-refractivity contribution in [3.05, 3.63) is 23.7 Å². The fourth-order valence-electron chi connectivity index (χ4n) is 2.56. The zero-order valence-electron chi connectivity index (χ0n) is 11.5. The molecule has 2 N–H and O–H groups in total. The molecule has 0 aromatic carbocycles. The van der Waals surface area contributed by atoms with E-state index < -0.39 is 0 Å². The van der Waals surface area contributed by atoms with Gasteiger partial charge in [0.2, 0.25) is 5.91 Å². The van der Waals surface area contributed by atoms with Gasteiger partial charge in [-0.25, -0.2) is 0 Å². The maximum Gasteiger partial charge on any atom is 0.224 e. The molecule has 0 radical (unpaired) electrons. The van der Waals surface area contributed by atoms with Crippen LogP contribution in [-0.4, -0.2) is 22.9 Å². The van der Waals surface area contributed by atoms with E-state index in [2.05, 4.69) is 0 Å². The SMILES string of the molecule is Cc1ccc(CN(C(=O)CC(N)C2CC2)C2CC2)o1. The highest BCUT2D eigenvalue weighted by molar-refractivity contribution is 5.77. The molecule has 1 amide bonds. The molecule has 1 aromatic rings. The second-order valence-electron chi connectivity index (χ2n) is 5.97. The van der Waals surface area contributed by atoms with Crippen molar-refractivity contribution in [1.29, 1.82) is 0 Å². The van der Waals surface area contributed by atoms with Crippen molar-refractivity contribution in [1.82, 2.24) is 4.90 Å². The van der Waals surface area contributed by atoms with Crippen LogP contribution in [0.5, 0.6) is 0 Å². The first-order chi connectivity index (χ1) is 9.13. The Morgan fingerprint density at radius 2 is 2.16 bits per heavy atom. The minimum atomic E-state index is 0.0482. The molecule has 4 nitrogen and oxygen atoms in total. The Labute approximate surface area is 113 Å². The van der Waals surface area contributed by atoms with Crippen LogP contribution in [0.3, 0.4) is 0 Å². The number of amides is 1. The molecule has 0 saturated heterocycles. The summed E-state index contributed by atoms with van der Waals surface area (Å²) in [5.74, 6) is 2.54. The number of hydrogen-bond acceptors (Lipinski definition) is 3. The molecule has 2 fully saturated rings. The van der Waals surface area contributed by atoms with Crippen molar-refractivity contribution < 1.29 is 9.21 Å². The molecule has 1 heterocycles. The largest absolute Gasteiger partial charge is 0.464 e. The number of carbonyl (C=O) groups excluding carboxylic acids is 1. The first-order valence-electron chi connectivity index (χ1n) is 7.24. The summed E-state index contributed by atoms with van der Waals surface area (Å²) in [6.45, 7) is 2.52. The highest BCUT2D eigenvalue weighted by Crippen LogP contribution is 2.34. The molecular formula is C15H22N2O2. The smallest absolute Gasteiger partial charge is 0.224 e. The molecule has 2 aliphatic carbocycles. The van der Waals surface area contributed by atoms with Crippen molar-refractivity contribution >= 4 is 5.91 Å². The fourth-order valence-corrected chi connectivity index (χ4v) is 2.56. The maximum atomic E-state index is 12.4. The summed E-state index contributed by atoms with van der Waals surface area (Å²) in [6, 6.07) is 4.36. The minimum Gasteiger partial charge on any atom is -0.464 e. The van der Waals surface area contributed by atoms with E-state index in [0.717, 1.165) is 24.4 Å². The molecule has 0 spiro atoms. The lowest BCUT2D eigenvalue weighted by atomic mass is 10.1. The number of nitrogens with zero attached hydrogens (tertiary/aromatic N) is 1. The van der Waals surface area contributed by atoms with Crippen LogP contribution >= 0.6 is 0 Å². The van der Waals surface area contributed by atoms with E-state index in [1.165, 1.54) is 12.8 Å². The van der Waals surface area contributed by atoms with Crippen LogP contribution in [0.15, 0.2) is 16.5 Å². The van der Waals surface area contributed by atoms with E-state index in [4.69, 9.17) is 10.2 Å². The zero-order valence-corrected chi connectivity index (χ0v) is 11.5. The van der Waals surface area contributed by atoms with Gasteiger partial charge in [0, 0.05) is 18.5 Å². The third-order valence-electron chi connectivity index (χ3n) is 4.07. The summed E-state index contributed by atoms with van der Waals surface area (Å²) in [4.78, 5) is 14.3. The number of hydrogen-bond donors (Lipinski definition) is 1. The highest BCUT2D eigenvalue weighted by atomic mass is 16.3. The van der Waals surface area contributed by atoms with Gasteiger partial charge in [0.25, 0.3) is 0 Å². The lowest BCUT2D eigenvalue weighted by molar-refractivity contribution is -0.133. The summed E-state index contributed by atoms with van der Waals surface area (Å²) < 4.78 is 5.58. The number of furan rings is 1. The minimum absolute atomic E-state index is 0.0482. The van der Waals surface area contributed by atoms with Crippen LogP contribution in [0.1, 0.15) is 43.6 Å². The number of aryl methyl sites for hydroxylation is 1. The van der Waals surface area contributed by atoms with Crippen LogP contribution in [0.25, 0.3) is 0 Å². The normalized spacial score (nSPS) is 20.3. The highest BCUT2D eigenvalue weighted by Gasteiger charge is 2.36. The lowest BCUT2D eigenvalue weighted by Gasteiger charge is -2.23. The molecule has 3 rings (SSSR count). The van der Waals surface area contributed by atoms with E-state index in [1.807, 2.05) is 24.0 Å². The first kappa shape index (κ1) is 12.7. The molecular weight excluding hydrogens is 240 g/mol. The summed E-state index contributed by atoms with van der Waals surface area (Å²) in [7, 11) is 0. The van der Waals surface area contributed by atoms with Gasteiger partial charge >= 0.3 is 0 Å². The van der Waals surface area contributed by atoms with Crippen LogP contribution < -0.4 is 5.73 Å². The van der Waals surface area contributed by atoms with Gasteiger partial charge < -0.3 is 15.1 Å². The maximum absolute atomic E-state index is 12.4. The number of nitrogens with two attached hydrogens (primary N) is 1. The van der Waals surface area contributed by atoms with Crippen molar-refractivity contribution in [3.8, 4) is 0 Å². The standard InChI is InChI=1S/C15H22N2O2/c1-10-2-7-13(19-10)9-17(12-5-6-12)15(18)8-14(16)11-3-4-11/h2,7,11-12,14H,3-6,8-9,16H2,1H3. The summed E-state index contributed by atoms with van der Waals surface area (Å²) in [5, 5.41) is 0. The van der Waals surface area contributed by atoms with E-state index in [-0.39, 0.29) is 11.9 Å². The Kier molecular flexibility index (Phi) is 3.35. The third-order valence-corrected chi connectivity index (χ3v) is 4.07. The molecule has 104 valence electrons. The Morgan fingerprint density at radius 1 is 1.42 bits per heavy atom. The first-order valence-corrected chi connectivity index (χ1v) is 7.24. The van der Waals surface area contributed by atoms with E-state index >= 15 is 0 Å². The van der Waals surface area contributed by atoms with Crippen molar-refractivity contribution in [2.24, 2.45) is 11.7 Å². The van der Waals surface area contributed by atoms with Gasteiger partial charge in [-0.2, -0.15) is 0 Å². The van der Waals surface area contributed by atoms with Gasteiger partial charge in [-0.1, -0.05) is 0 Å². The average Bonchev–Trinajstić information content (AvgIpc) is 3.25. The molecule has 2 aliphatic rings. The topological polar surface area (TPSA) is 59.5 Å². The van der Waals surface area contributed by atoms with Gasteiger partial charge in [0.1, 0.15) is 11.5 Å². The number of rotatable bonds is 6. The van der Waals surface area contributed by atoms with E-state index in [9.17, 15) is 4.79 Å². The summed E-state index contributed by atoms with van der Waals surface area (Å²) in [6.07, 6.45) is 5.10. The zero-order chi connectivity index (χ0) is 13.4. The Hall–Kier alpha value is -1.29. The van der Waals surface area contributed by atoms with Gasteiger partial charge in [-0.05, 0) is 50.7 Å². The molecule has 1 aromatic heterocycles. The van der Waals surface area contributed by atoms with Crippen LogP contribution in [0, 0.1) is 12.8 Å². The van der Waals surface area contributed by atoms with Gasteiger partial charge in [0.05, 0.1) is 6.54 Å². The average molecular weight is 262 g/mol. The predicted octanol–water partition coefficient (Wildman–Crippen LogP) is 2.21. The van der Waals surface area contributed by atoms with Crippen molar-refractivity contribution in [3.63, 3.8) is 0 Å². The van der Waals surface area contributed by atoms with Crippen molar-refractivity contribution in [2.75, 3.05) is 0 Å². The van der Waals surface area contributed by atoms with Gasteiger partial charge in [-0.15, -0.1) is 0 Å². The molecule has 0 bridgehead atoms. The van der Waals surface area contributed by atoms with Crippen molar-refractivity contribution in [2.45, 2.75) is 57.7 Å². The van der Waals surface area contributed by atoms with E-state index in [0.29, 0.717) is 24.9 Å². The fraction of sp³-hybridized carbons (Fsp3) is 0.667. The summed E-state index contributed by atoms with van der Waals surface area (Å²) in [5.41, 5.74) is 6.06. The third kappa shape index (κ3) is 3.18. The molecule has 0 aliphatic heterocycles. The van der Waals surface area contributed by atoms with Crippen LogP contribution in [0.2, 0.25) is 0 Å². The Balaban J connectivity index is 1.61. The second-order valence-corrected chi connectivity index (χ2v) is 5.97. The monoisotopic (exact) mass is 262 g/mol. The Bertz CT molecular complexity index is 460. The van der Waals surface area contributed by atoms with E-state index in [1.54, 1.807) is 0 Å².